The number of phenolic OH excluding ortho intramolecular Hbond substituents is 1. The molecule has 0 radical (unpaired) electrons. The number of methoxy groups -OCH3 is 1. The smallest absolute Gasteiger partial charge is 0.266 e. The van der Waals surface area contributed by atoms with E-state index >= 15 is 0 Å². The Balaban J connectivity index is 1.57. The van der Waals surface area contributed by atoms with Gasteiger partial charge in [-0.15, -0.1) is 0 Å². The first-order valence-corrected chi connectivity index (χ1v) is 9.90. The molecule has 0 unspecified atom stereocenters. The van der Waals surface area contributed by atoms with E-state index in [0.717, 1.165) is 11.3 Å². The van der Waals surface area contributed by atoms with Gasteiger partial charge in [-0.1, -0.05) is 36.4 Å². The molecule has 3 aromatic rings. The lowest BCUT2D eigenvalue weighted by atomic mass is 9.90. The molecular weight excluding hydrogens is 396 g/mol. The van der Waals surface area contributed by atoms with Crippen LogP contribution in [0.25, 0.3) is 0 Å². The number of nitrogens with zero attached hydrogens (tertiary/aromatic N) is 2. The second-order valence-corrected chi connectivity index (χ2v) is 7.46. The van der Waals surface area contributed by atoms with E-state index in [1.54, 1.807) is 53.6 Å². The van der Waals surface area contributed by atoms with Crippen LogP contribution in [0.5, 0.6) is 11.5 Å². The number of hydrogen-bond acceptors (Lipinski definition) is 6. The molecule has 3 atom stereocenters. The Kier molecular flexibility index (Phi) is 4.60. The summed E-state index contributed by atoms with van der Waals surface area (Å²) in [5, 5.41) is 11.3. The van der Waals surface area contributed by atoms with Crippen molar-refractivity contribution in [3.8, 4) is 11.5 Å². The highest BCUT2D eigenvalue weighted by molar-refractivity contribution is 6.24. The molecule has 0 aliphatic carbocycles. The first-order chi connectivity index (χ1) is 15.1. The second-order valence-electron chi connectivity index (χ2n) is 7.46. The van der Waals surface area contributed by atoms with Gasteiger partial charge in [0.15, 0.2) is 6.10 Å². The van der Waals surface area contributed by atoms with Crippen molar-refractivity contribution in [3.05, 3.63) is 84.4 Å². The van der Waals surface area contributed by atoms with E-state index in [4.69, 9.17) is 9.57 Å². The highest BCUT2D eigenvalue weighted by Gasteiger charge is 2.60. The third kappa shape index (κ3) is 3.10. The molecule has 2 aliphatic rings. The number of imide groups is 1. The minimum atomic E-state index is -0.947. The van der Waals surface area contributed by atoms with Crippen LogP contribution in [0.15, 0.2) is 78.9 Å². The van der Waals surface area contributed by atoms with Crippen LogP contribution in [-0.4, -0.2) is 30.1 Å². The van der Waals surface area contributed by atoms with Crippen LogP contribution in [0, 0.1) is 5.92 Å². The normalized spacial score (nSPS) is 22.7. The maximum absolute atomic E-state index is 13.5. The molecule has 1 N–H and O–H groups in total. The highest BCUT2D eigenvalue weighted by atomic mass is 16.7. The predicted octanol–water partition coefficient (Wildman–Crippen LogP) is 3.45. The van der Waals surface area contributed by atoms with Crippen LogP contribution in [0.3, 0.4) is 0 Å². The van der Waals surface area contributed by atoms with E-state index in [0.29, 0.717) is 11.4 Å². The molecule has 0 saturated carbocycles. The molecule has 2 aliphatic heterocycles. The number of phenols is 1. The Morgan fingerprint density at radius 2 is 1.58 bits per heavy atom. The molecule has 5 rings (SSSR count). The number of benzene rings is 3. The standard InChI is InChI=1S/C24H20N2O5/c1-30-19-9-5-8-17(14-19)25-23(28)20-21(15-10-12-18(27)13-11-15)26(31-22(20)24(25)29)16-6-3-2-4-7-16/h2-14,20-22,27H,1H3/t20-,21-,22+/m0/s1. The zero-order valence-electron chi connectivity index (χ0n) is 16.7. The van der Waals surface area contributed by atoms with Gasteiger partial charge in [0.05, 0.1) is 24.5 Å². The molecule has 2 saturated heterocycles. The largest absolute Gasteiger partial charge is 0.508 e. The number of fused-ring (bicyclic) bond motifs is 1. The van der Waals surface area contributed by atoms with Crippen LogP contribution in [-0.2, 0) is 14.4 Å². The zero-order chi connectivity index (χ0) is 21.5. The molecule has 0 bridgehead atoms. The first kappa shape index (κ1) is 19.1. The highest BCUT2D eigenvalue weighted by Crippen LogP contribution is 2.47. The lowest BCUT2D eigenvalue weighted by Crippen LogP contribution is -2.37. The molecule has 156 valence electrons. The Bertz CT molecular complexity index is 1130. The summed E-state index contributed by atoms with van der Waals surface area (Å²) in [4.78, 5) is 34.1. The summed E-state index contributed by atoms with van der Waals surface area (Å²) in [5.74, 6) is -0.803. The fourth-order valence-corrected chi connectivity index (χ4v) is 4.23. The number of para-hydroxylation sites is 1. The topological polar surface area (TPSA) is 79.3 Å². The minimum Gasteiger partial charge on any atom is -0.508 e. The molecule has 2 amide bonds. The number of ether oxygens (including phenoxy) is 1. The van der Waals surface area contributed by atoms with Crippen molar-refractivity contribution in [2.45, 2.75) is 12.1 Å². The van der Waals surface area contributed by atoms with Crippen molar-refractivity contribution < 1.29 is 24.3 Å². The van der Waals surface area contributed by atoms with E-state index in [1.165, 1.54) is 12.0 Å². The quantitative estimate of drug-likeness (QED) is 0.657. The van der Waals surface area contributed by atoms with Gasteiger partial charge in [0.2, 0.25) is 5.91 Å². The van der Waals surface area contributed by atoms with Gasteiger partial charge in [-0.2, -0.15) is 0 Å². The van der Waals surface area contributed by atoms with Crippen LogP contribution >= 0.6 is 0 Å². The summed E-state index contributed by atoms with van der Waals surface area (Å²) in [7, 11) is 1.53. The molecule has 2 heterocycles. The average molecular weight is 416 g/mol. The van der Waals surface area contributed by atoms with E-state index in [2.05, 4.69) is 0 Å². The Labute approximate surface area is 179 Å². The van der Waals surface area contributed by atoms with E-state index in [-0.39, 0.29) is 11.7 Å². The maximum atomic E-state index is 13.5. The summed E-state index contributed by atoms with van der Waals surface area (Å²) in [6, 6.07) is 22.3. The average Bonchev–Trinajstić information content (AvgIpc) is 3.31. The Hall–Kier alpha value is -3.84. The number of amides is 2. The van der Waals surface area contributed by atoms with Gasteiger partial charge in [0.1, 0.15) is 17.4 Å². The van der Waals surface area contributed by atoms with Crippen LogP contribution in [0.1, 0.15) is 11.6 Å². The summed E-state index contributed by atoms with van der Waals surface area (Å²) in [6.07, 6.45) is -0.947. The van der Waals surface area contributed by atoms with Gasteiger partial charge in [-0.25, -0.2) is 9.96 Å². The van der Waals surface area contributed by atoms with E-state index < -0.39 is 24.0 Å². The minimum absolute atomic E-state index is 0.123. The number of anilines is 2. The van der Waals surface area contributed by atoms with Gasteiger partial charge in [0, 0.05) is 6.07 Å². The lowest BCUT2D eigenvalue weighted by molar-refractivity contribution is -0.126. The van der Waals surface area contributed by atoms with Crippen molar-refractivity contribution >= 4 is 23.2 Å². The maximum Gasteiger partial charge on any atom is 0.266 e. The van der Waals surface area contributed by atoms with E-state index in [1.807, 2.05) is 30.3 Å². The molecule has 7 heteroatoms. The number of hydroxylamine groups is 1. The van der Waals surface area contributed by atoms with Crippen molar-refractivity contribution in [2.75, 3.05) is 17.1 Å². The molecule has 2 fully saturated rings. The monoisotopic (exact) mass is 416 g/mol. The summed E-state index contributed by atoms with van der Waals surface area (Å²) >= 11 is 0. The molecule has 3 aromatic carbocycles. The van der Waals surface area contributed by atoms with Crippen molar-refractivity contribution in [1.29, 1.82) is 0 Å². The third-order valence-electron chi connectivity index (χ3n) is 5.67. The molecule has 7 nitrogen and oxygen atoms in total. The predicted molar refractivity (Wildman–Crippen MR) is 114 cm³/mol. The SMILES string of the molecule is COc1cccc(N2C(=O)[C@@H]3[C@@H](ON(c4ccccc4)[C@H]3c3ccc(O)cc3)C2=O)c1. The number of aromatic hydroxyl groups is 1. The lowest BCUT2D eigenvalue weighted by Gasteiger charge is -2.28. The van der Waals surface area contributed by atoms with Gasteiger partial charge in [-0.05, 0) is 42.0 Å². The summed E-state index contributed by atoms with van der Waals surface area (Å²) in [6.45, 7) is 0. The van der Waals surface area contributed by atoms with Gasteiger partial charge >= 0.3 is 0 Å². The van der Waals surface area contributed by atoms with Crippen LogP contribution in [0.2, 0.25) is 0 Å². The molecule has 0 aromatic heterocycles. The molecule has 31 heavy (non-hydrogen) atoms. The van der Waals surface area contributed by atoms with Crippen molar-refractivity contribution in [2.24, 2.45) is 5.92 Å². The van der Waals surface area contributed by atoms with Gasteiger partial charge < -0.3 is 9.84 Å². The Morgan fingerprint density at radius 3 is 2.29 bits per heavy atom. The Morgan fingerprint density at radius 1 is 0.871 bits per heavy atom. The fourth-order valence-electron chi connectivity index (χ4n) is 4.23. The number of carbonyl (C=O) groups excluding carboxylic acids is 2. The fraction of sp³-hybridized carbons (Fsp3) is 0.167. The van der Waals surface area contributed by atoms with Gasteiger partial charge in [0.25, 0.3) is 5.91 Å². The van der Waals surface area contributed by atoms with Crippen LogP contribution < -0.4 is 14.7 Å². The molecule has 0 spiro atoms. The third-order valence-corrected chi connectivity index (χ3v) is 5.67. The van der Waals surface area contributed by atoms with Crippen molar-refractivity contribution in [1.82, 2.24) is 0 Å². The second kappa shape index (κ2) is 7.45. The zero-order valence-corrected chi connectivity index (χ0v) is 16.7. The molecular formula is C24H20N2O5. The van der Waals surface area contributed by atoms with Crippen molar-refractivity contribution in [3.63, 3.8) is 0 Å². The number of carbonyl (C=O) groups is 2. The first-order valence-electron chi connectivity index (χ1n) is 9.90. The summed E-state index contributed by atoms with van der Waals surface area (Å²) < 4.78 is 5.24. The van der Waals surface area contributed by atoms with Crippen LogP contribution in [0.4, 0.5) is 11.4 Å². The number of rotatable bonds is 4. The van der Waals surface area contributed by atoms with Gasteiger partial charge in [-0.3, -0.25) is 14.4 Å². The summed E-state index contributed by atoms with van der Waals surface area (Å²) in [5.41, 5.74) is 1.95. The van der Waals surface area contributed by atoms with E-state index in [9.17, 15) is 14.7 Å². The number of hydrogen-bond donors (Lipinski definition) is 1.